The lowest BCUT2D eigenvalue weighted by molar-refractivity contribution is -0.133. The van der Waals surface area contributed by atoms with E-state index in [4.69, 9.17) is 9.73 Å². The highest BCUT2D eigenvalue weighted by Crippen LogP contribution is 2.19. The minimum absolute atomic E-state index is 0.0412. The summed E-state index contributed by atoms with van der Waals surface area (Å²) in [5.41, 5.74) is 1.22. The first-order valence-corrected chi connectivity index (χ1v) is 11.1. The van der Waals surface area contributed by atoms with E-state index in [1.807, 2.05) is 33.2 Å². The fraction of sp³-hybridized carbons (Fsp3) is 0.652. The number of hydrogen-bond donors (Lipinski definition) is 1. The molecule has 1 unspecified atom stereocenters. The van der Waals surface area contributed by atoms with Crippen LogP contribution in [-0.2, 0) is 11.3 Å². The number of likely N-dealkylation sites (tertiary alicyclic amines) is 1. The number of aliphatic imine (C=N–C) groups is 1. The zero-order chi connectivity index (χ0) is 21.9. The third-order valence-electron chi connectivity index (χ3n) is 5.31. The predicted octanol–water partition coefficient (Wildman–Crippen LogP) is 2.43. The molecule has 1 aromatic rings. The average molecular weight is 418 g/mol. The Morgan fingerprint density at radius 1 is 1.23 bits per heavy atom. The number of benzene rings is 1. The van der Waals surface area contributed by atoms with Gasteiger partial charge >= 0.3 is 0 Å². The second kappa shape index (κ2) is 12.4. The number of carbonyl (C=O) groups is 1. The van der Waals surface area contributed by atoms with Crippen molar-refractivity contribution < 1.29 is 9.53 Å². The smallest absolute Gasteiger partial charge is 0.239 e. The third-order valence-corrected chi connectivity index (χ3v) is 5.31. The van der Waals surface area contributed by atoms with Crippen molar-refractivity contribution in [2.75, 3.05) is 53.9 Å². The molecule has 30 heavy (non-hydrogen) atoms. The van der Waals surface area contributed by atoms with Gasteiger partial charge in [-0.2, -0.15) is 0 Å². The van der Waals surface area contributed by atoms with Gasteiger partial charge in [-0.3, -0.25) is 14.7 Å². The molecule has 2 rings (SSSR count). The molecule has 0 aliphatic carbocycles. The summed E-state index contributed by atoms with van der Waals surface area (Å²) in [6.45, 7) is 9.03. The van der Waals surface area contributed by atoms with Crippen LogP contribution in [-0.4, -0.2) is 86.5 Å². The molecular formula is C23H39N5O2. The van der Waals surface area contributed by atoms with Crippen LogP contribution in [0, 0.1) is 0 Å². The Labute approximate surface area is 182 Å². The molecule has 1 aliphatic rings. The molecule has 0 bridgehead atoms. The van der Waals surface area contributed by atoms with Crippen molar-refractivity contribution in [3.63, 3.8) is 0 Å². The van der Waals surface area contributed by atoms with Gasteiger partial charge in [0.15, 0.2) is 5.96 Å². The zero-order valence-electron chi connectivity index (χ0n) is 19.4. The van der Waals surface area contributed by atoms with Gasteiger partial charge in [0.1, 0.15) is 5.75 Å². The molecule has 0 saturated carbocycles. The summed E-state index contributed by atoms with van der Waals surface area (Å²) >= 11 is 0. The Hall–Kier alpha value is -2.28. The van der Waals surface area contributed by atoms with Gasteiger partial charge in [-0.1, -0.05) is 12.1 Å². The van der Waals surface area contributed by atoms with Crippen LogP contribution >= 0.6 is 0 Å². The molecule has 1 saturated heterocycles. The van der Waals surface area contributed by atoms with Gasteiger partial charge in [-0.25, -0.2) is 0 Å². The predicted molar refractivity (Wildman–Crippen MR) is 123 cm³/mol. The van der Waals surface area contributed by atoms with Crippen molar-refractivity contribution in [1.82, 2.24) is 20.0 Å². The molecular weight excluding hydrogens is 378 g/mol. The first-order valence-electron chi connectivity index (χ1n) is 11.1. The van der Waals surface area contributed by atoms with Crippen molar-refractivity contribution in [3.05, 3.63) is 29.8 Å². The van der Waals surface area contributed by atoms with E-state index >= 15 is 0 Å². The largest absolute Gasteiger partial charge is 0.494 e. The van der Waals surface area contributed by atoms with E-state index < -0.39 is 0 Å². The van der Waals surface area contributed by atoms with E-state index in [-0.39, 0.29) is 11.9 Å². The Morgan fingerprint density at radius 3 is 2.60 bits per heavy atom. The molecule has 0 aromatic heterocycles. The van der Waals surface area contributed by atoms with Crippen LogP contribution in [0.15, 0.2) is 29.3 Å². The lowest BCUT2D eigenvalue weighted by atomic mass is 10.2. The van der Waals surface area contributed by atoms with E-state index in [2.05, 4.69) is 41.2 Å². The van der Waals surface area contributed by atoms with E-state index in [1.54, 1.807) is 4.90 Å². The van der Waals surface area contributed by atoms with E-state index in [1.165, 1.54) is 5.56 Å². The number of nitrogens with zero attached hydrogens (tertiary/aromatic N) is 4. The average Bonchev–Trinajstić information content (AvgIpc) is 3.19. The number of guanidine groups is 1. The number of likely N-dealkylation sites (N-methyl/N-ethyl adjacent to an activating group) is 1. The molecule has 7 heteroatoms. The van der Waals surface area contributed by atoms with Crippen LogP contribution in [0.1, 0.15) is 38.7 Å². The quantitative estimate of drug-likeness (QED) is 0.360. The summed E-state index contributed by atoms with van der Waals surface area (Å²) in [4.78, 5) is 23.3. The fourth-order valence-electron chi connectivity index (χ4n) is 3.81. The number of rotatable bonds is 10. The van der Waals surface area contributed by atoms with Gasteiger partial charge in [0.2, 0.25) is 5.91 Å². The Kier molecular flexibility index (Phi) is 9.94. The lowest BCUT2D eigenvalue weighted by Crippen LogP contribution is -2.43. The summed E-state index contributed by atoms with van der Waals surface area (Å²) in [5.74, 6) is 2.03. The van der Waals surface area contributed by atoms with Crippen molar-refractivity contribution >= 4 is 11.9 Å². The first kappa shape index (κ1) is 24.0. The van der Waals surface area contributed by atoms with Crippen LogP contribution in [0.2, 0.25) is 0 Å². The molecule has 1 aliphatic heterocycles. The van der Waals surface area contributed by atoms with Crippen LogP contribution in [0.4, 0.5) is 0 Å². The summed E-state index contributed by atoms with van der Waals surface area (Å²) in [6, 6.07) is 8.26. The van der Waals surface area contributed by atoms with Gasteiger partial charge in [-0.15, -0.1) is 0 Å². The maximum Gasteiger partial charge on any atom is 0.239 e. The topological polar surface area (TPSA) is 60.4 Å². The fourth-order valence-corrected chi connectivity index (χ4v) is 3.81. The molecule has 1 N–H and O–H groups in total. The number of nitrogens with one attached hydrogen (secondary N) is 1. The Balaban J connectivity index is 1.86. The number of ether oxygens (including phenoxy) is 1. The summed E-state index contributed by atoms with van der Waals surface area (Å²) in [5, 5.41) is 3.38. The van der Waals surface area contributed by atoms with Crippen LogP contribution in [0.5, 0.6) is 5.75 Å². The second-order valence-corrected chi connectivity index (χ2v) is 7.95. The lowest BCUT2D eigenvalue weighted by Gasteiger charge is -2.26. The summed E-state index contributed by atoms with van der Waals surface area (Å²) in [6.07, 6.45) is 3.01. The van der Waals surface area contributed by atoms with Crippen LogP contribution in [0.25, 0.3) is 0 Å². The highest BCUT2D eigenvalue weighted by Gasteiger charge is 2.30. The van der Waals surface area contributed by atoms with Gasteiger partial charge in [-0.05, 0) is 57.4 Å². The normalized spacial score (nSPS) is 17.1. The molecule has 0 spiro atoms. The molecule has 1 aromatic carbocycles. The Bertz CT molecular complexity index is 675. The number of amides is 1. The highest BCUT2D eigenvalue weighted by atomic mass is 16.5. The maximum absolute atomic E-state index is 12.3. The Morgan fingerprint density at radius 2 is 1.97 bits per heavy atom. The van der Waals surface area contributed by atoms with E-state index in [9.17, 15) is 4.79 Å². The van der Waals surface area contributed by atoms with Gasteiger partial charge in [0.05, 0.1) is 12.6 Å². The molecule has 168 valence electrons. The molecule has 7 nitrogen and oxygen atoms in total. The number of hydrogen-bond acceptors (Lipinski definition) is 4. The van der Waals surface area contributed by atoms with Crippen molar-refractivity contribution in [1.29, 1.82) is 0 Å². The van der Waals surface area contributed by atoms with Crippen molar-refractivity contribution in [2.45, 2.75) is 45.7 Å². The first-order chi connectivity index (χ1) is 14.5. The monoisotopic (exact) mass is 417 g/mol. The van der Waals surface area contributed by atoms with Crippen LogP contribution in [0.3, 0.4) is 0 Å². The van der Waals surface area contributed by atoms with Crippen LogP contribution < -0.4 is 10.1 Å². The molecule has 1 fully saturated rings. The minimum Gasteiger partial charge on any atom is -0.494 e. The van der Waals surface area contributed by atoms with Gasteiger partial charge < -0.3 is 19.9 Å². The molecule has 1 heterocycles. The highest BCUT2D eigenvalue weighted by molar-refractivity contribution is 5.81. The summed E-state index contributed by atoms with van der Waals surface area (Å²) in [7, 11) is 5.74. The number of carbonyl (C=O) groups excluding carboxylic acids is 1. The van der Waals surface area contributed by atoms with Gasteiger partial charge in [0, 0.05) is 47.3 Å². The molecule has 1 atom stereocenters. The van der Waals surface area contributed by atoms with Gasteiger partial charge in [0.25, 0.3) is 0 Å². The van der Waals surface area contributed by atoms with Crippen molar-refractivity contribution in [2.24, 2.45) is 4.99 Å². The summed E-state index contributed by atoms with van der Waals surface area (Å²) < 4.78 is 5.52. The molecule has 0 radical (unpaired) electrons. The molecule has 1 amide bonds. The standard InChI is InChI=1S/C23H39N5O2/c1-6-24-23(27(5)18-19-11-13-20(14-12-19)30-7-2)25-15-9-17-28-16-8-10-21(28)22(29)26(3)4/h11-14,21H,6-10,15-18H2,1-5H3,(H,24,25). The van der Waals surface area contributed by atoms with E-state index in [0.717, 1.165) is 63.7 Å². The maximum atomic E-state index is 12.3. The van der Waals surface area contributed by atoms with E-state index in [0.29, 0.717) is 6.61 Å². The minimum atomic E-state index is 0.0412. The SMILES string of the molecule is CCNC(=NCCCN1CCCC1C(=O)N(C)C)N(C)Cc1ccc(OCC)cc1. The second-order valence-electron chi connectivity index (χ2n) is 7.95. The third kappa shape index (κ3) is 7.20. The van der Waals surface area contributed by atoms with Crippen molar-refractivity contribution in [3.8, 4) is 5.75 Å². The zero-order valence-corrected chi connectivity index (χ0v) is 19.4.